The van der Waals surface area contributed by atoms with Crippen LogP contribution in [-0.4, -0.2) is 46.5 Å². The van der Waals surface area contributed by atoms with Crippen molar-refractivity contribution in [2.24, 2.45) is 7.05 Å². The maximum absolute atomic E-state index is 12.6. The SMILES string of the molecule is COc1cc(-c2cn(C)c(=O)c3cnccc23)cc(OC)c1CNC12CC1(NC(=O)OC(C)(C)C)C2. The van der Waals surface area contributed by atoms with E-state index in [2.05, 4.69) is 15.6 Å². The summed E-state index contributed by atoms with van der Waals surface area (Å²) in [6.07, 6.45) is 6.43. The van der Waals surface area contributed by atoms with E-state index in [4.69, 9.17) is 14.2 Å². The van der Waals surface area contributed by atoms with Gasteiger partial charge in [0, 0.05) is 48.8 Å². The molecule has 1 aromatic carbocycles. The van der Waals surface area contributed by atoms with Gasteiger partial charge < -0.3 is 29.4 Å². The monoisotopic (exact) mass is 492 g/mol. The average Bonchev–Trinajstić information content (AvgIpc) is 3.63. The highest BCUT2D eigenvalue weighted by Gasteiger charge is 2.84. The number of hydrogen-bond donors (Lipinski definition) is 2. The summed E-state index contributed by atoms with van der Waals surface area (Å²) in [6.45, 7) is 6.08. The number of ether oxygens (including phenoxy) is 3. The Labute approximate surface area is 209 Å². The van der Waals surface area contributed by atoms with Gasteiger partial charge in [-0.1, -0.05) is 0 Å². The number of aryl methyl sites for hydroxylation is 1. The number of pyridine rings is 2. The number of rotatable bonds is 7. The maximum atomic E-state index is 12.6. The van der Waals surface area contributed by atoms with E-state index in [1.54, 1.807) is 38.2 Å². The quantitative estimate of drug-likeness (QED) is 0.520. The number of hydrogen-bond acceptors (Lipinski definition) is 7. The molecule has 0 aliphatic heterocycles. The molecule has 2 N–H and O–H groups in total. The number of carbonyl (C=O) groups is 1. The predicted molar refractivity (Wildman–Crippen MR) is 136 cm³/mol. The van der Waals surface area contributed by atoms with Crippen LogP contribution in [-0.2, 0) is 18.3 Å². The van der Waals surface area contributed by atoms with E-state index in [-0.39, 0.29) is 22.7 Å². The van der Waals surface area contributed by atoms with Gasteiger partial charge in [-0.05, 0) is 62.8 Å². The molecule has 190 valence electrons. The Bertz CT molecular complexity index is 1390. The molecule has 2 aliphatic rings. The van der Waals surface area contributed by atoms with Gasteiger partial charge in [0.1, 0.15) is 17.1 Å². The highest BCUT2D eigenvalue weighted by Crippen LogP contribution is 2.70. The first-order valence-corrected chi connectivity index (χ1v) is 12.0. The molecule has 36 heavy (non-hydrogen) atoms. The van der Waals surface area contributed by atoms with E-state index in [1.165, 1.54) is 0 Å². The molecular formula is C27H32N4O5. The van der Waals surface area contributed by atoms with Crippen LogP contribution in [0.1, 0.15) is 39.2 Å². The lowest BCUT2D eigenvalue weighted by Gasteiger charge is -2.20. The maximum Gasteiger partial charge on any atom is 0.408 e. The zero-order valence-electron chi connectivity index (χ0n) is 21.5. The summed E-state index contributed by atoms with van der Waals surface area (Å²) in [5.41, 5.74) is 1.65. The molecule has 3 aromatic rings. The van der Waals surface area contributed by atoms with Crippen LogP contribution in [0.4, 0.5) is 4.79 Å². The van der Waals surface area contributed by atoms with Crippen molar-refractivity contribution in [2.75, 3.05) is 14.2 Å². The van der Waals surface area contributed by atoms with Crippen LogP contribution >= 0.6 is 0 Å². The summed E-state index contributed by atoms with van der Waals surface area (Å²) in [7, 11) is 4.99. The first-order valence-electron chi connectivity index (χ1n) is 12.0. The third-order valence-corrected chi connectivity index (χ3v) is 7.12. The minimum Gasteiger partial charge on any atom is -0.496 e. The van der Waals surface area contributed by atoms with Crippen LogP contribution in [0.15, 0.2) is 41.6 Å². The molecule has 0 saturated heterocycles. The number of benzene rings is 1. The summed E-state index contributed by atoms with van der Waals surface area (Å²) in [5.74, 6) is 1.35. The molecule has 0 radical (unpaired) electrons. The molecule has 9 nitrogen and oxygen atoms in total. The standard InChI is InChI=1S/C27H32N4O5/c1-25(2,3)36-24(33)30-27-14-26(27,15-27)29-12-19-21(34-5)9-16(10-22(19)35-6)20-13-31(4)23(32)18-11-28-8-7-17(18)20/h7-11,13,29H,12,14-15H2,1-6H3,(H,30,33). The second-order valence-corrected chi connectivity index (χ2v) is 10.7. The lowest BCUT2D eigenvalue weighted by atomic mass is 9.99. The number of nitrogens with one attached hydrogen (secondary N) is 2. The Balaban J connectivity index is 1.40. The van der Waals surface area contributed by atoms with Crippen molar-refractivity contribution in [3.05, 3.63) is 52.7 Å². The molecule has 2 saturated carbocycles. The lowest BCUT2D eigenvalue weighted by molar-refractivity contribution is 0.0511. The number of methoxy groups -OCH3 is 2. The minimum atomic E-state index is -0.532. The molecule has 1 amide bonds. The van der Waals surface area contributed by atoms with Gasteiger partial charge in [-0.15, -0.1) is 0 Å². The summed E-state index contributed by atoms with van der Waals surface area (Å²) in [4.78, 5) is 29.0. The molecule has 0 atom stereocenters. The van der Waals surface area contributed by atoms with Crippen molar-refractivity contribution in [2.45, 2.75) is 56.8 Å². The molecule has 0 spiro atoms. The molecular weight excluding hydrogens is 460 g/mol. The smallest absolute Gasteiger partial charge is 0.408 e. The van der Waals surface area contributed by atoms with Gasteiger partial charge >= 0.3 is 6.09 Å². The van der Waals surface area contributed by atoms with E-state index in [1.807, 2.05) is 45.2 Å². The van der Waals surface area contributed by atoms with E-state index in [9.17, 15) is 9.59 Å². The third-order valence-electron chi connectivity index (χ3n) is 7.12. The van der Waals surface area contributed by atoms with E-state index >= 15 is 0 Å². The zero-order valence-corrected chi connectivity index (χ0v) is 21.5. The molecule has 0 bridgehead atoms. The lowest BCUT2D eigenvalue weighted by Crippen LogP contribution is -2.37. The van der Waals surface area contributed by atoms with Crippen LogP contribution in [0.2, 0.25) is 0 Å². The highest BCUT2D eigenvalue weighted by molar-refractivity contribution is 5.95. The molecule has 5 rings (SSSR count). The predicted octanol–water partition coefficient (Wildman–Crippen LogP) is 3.52. The Morgan fingerprint density at radius 3 is 2.39 bits per heavy atom. The van der Waals surface area contributed by atoms with Crippen molar-refractivity contribution < 1.29 is 19.0 Å². The van der Waals surface area contributed by atoms with Crippen molar-refractivity contribution in [3.63, 3.8) is 0 Å². The Kier molecular flexibility index (Phi) is 5.51. The van der Waals surface area contributed by atoms with Crippen LogP contribution in [0.25, 0.3) is 21.9 Å². The van der Waals surface area contributed by atoms with Crippen LogP contribution in [0.5, 0.6) is 11.5 Å². The highest BCUT2D eigenvalue weighted by atomic mass is 16.6. The normalized spacial score (nSPS) is 22.1. The van der Waals surface area contributed by atoms with Gasteiger partial charge in [0.05, 0.1) is 25.1 Å². The van der Waals surface area contributed by atoms with Crippen LogP contribution in [0, 0.1) is 0 Å². The number of alkyl carbamates (subject to hydrolysis) is 1. The molecule has 0 unspecified atom stereocenters. The molecule has 9 heteroatoms. The fourth-order valence-corrected chi connectivity index (χ4v) is 5.00. The Morgan fingerprint density at radius 1 is 1.11 bits per heavy atom. The average molecular weight is 493 g/mol. The summed E-state index contributed by atoms with van der Waals surface area (Å²) in [5, 5.41) is 8.00. The van der Waals surface area contributed by atoms with Crippen LogP contribution in [0.3, 0.4) is 0 Å². The third kappa shape index (κ3) is 4.07. The minimum absolute atomic E-state index is 0.0989. The number of amides is 1. The molecule has 2 aliphatic carbocycles. The zero-order chi connectivity index (χ0) is 25.9. The van der Waals surface area contributed by atoms with Gasteiger partial charge in [0.25, 0.3) is 5.56 Å². The van der Waals surface area contributed by atoms with Crippen molar-refractivity contribution in [1.29, 1.82) is 0 Å². The number of nitrogens with zero attached hydrogens (tertiary/aromatic N) is 2. The summed E-state index contributed by atoms with van der Waals surface area (Å²) >= 11 is 0. The van der Waals surface area contributed by atoms with Gasteiger partial charge in [-0.25, -0.2) is 4.79 Å². The van der Waals surface area contributed by atoms with E-state index in [0.29, 0.717) is 23.4 Å². The van der Waals surface area contributed by atoms with Crippen molar-refractivity contribution in [1.82, 2.24) is 20.2 Å². The van der Waals surface area contributed by atoms with Gasteiger partial charge in [0.2, 0.25) is 0 Å². The first-order chi connectivity index (χ1) is 17.0. The Hall–Kier alpha value is -3.59. The second kappa shape index (κ2) is 8.23. The van der Waals surface area contributed by atoms with E-state index < -0.39 is 5.60 Å². The molecule has 2 fully saturated rings. The van der Waals surface area contributed by atoms with Crippen molar-refractivity contribution in [3.8, 4) is 22.6 Å². The topological polar surface area (TPSA) is 104 Å². The second-order valence-electron chi connectivity index (χ2n) is 10.7. The molecule has 2 aromatic heterocycles. The van der Waals surface area contributed by atoms with E-state index in [0.717, 1.165) is 34.9 Å². The first kappa shape index (κ1) is 24.1. The van der Waals surface area contributed by atoms with Gasteiger partial charge in [-0.3, -0.25) is 9.78 Å². The van der Waals surface area contributed by atoms with Crippen molar-refractivity contribution >= 4 is 16.9 Å². The Morgan fingerprint density at radius 2 is 1.78 bits per heavy atom. The number of aromatic nitrogens is 2. The van der Waals surface area contributed by atoms with Gasteiger partial charge in [-0.2, -0.15) is 0 Å². The summed E-state index contributed by atoms with van der Waals surface area (Å²) in [6, 6.07) is 5.77. The summed E-state index contributed by atoms with van der Waals surface area (Å²) < 4.78 is 18.5. The fraction of sp³-hybridized carbons (Fsp3) is 0.444. The van der Waals surface area contributed by atoms with Gasteiger partial charge in [0.15, 0.2) is 0 Å². The van der Waals surface area contributed by atoms with Crippen LogP contribution < -0.4 is 25.7 Å². The fourth-order valence-electron chi connectivity index (χ4n) is 5.00. The largest absolute Gasteiger partial charge is 0.496 e. The molecule has 2 heterocycles. The number of carbonyl (C=O) groups excluding carboxylic acids is 1. The number of fused-ring (bicyclic) bond motifs is 2.